The molecule has 0 aliphatic carbocycles. The van der Waals surface area contributed by atoms with Crippen molar-refractivity contribution in [2.75, 3.05) is 18.5 Å². The van der Waals surface area contributed by atoms with Crippen LogP contribution in [0.25, 0.3) is 0 Å². The molecule has 4 nitrogen and oxygen atoms in total. The molecule has 0 radical (unpaired) electrons. The van der Waals surface area contributed by atoms with E-state index in [-0.39, 0.29) is 22.0 Å². The van der Waals surface area contributed by atoms with Gasteiger partial charge >= 0.3 is 6.18 Å². The molecule has 138 valence electrons. The van der Waals surface area contributed by atoms with Crippen molar-refractivity contribution in [2.45, 2.75) is 6.18 Å². The summed E-state index contributed by atoms with van der Waals surface area (Å²) in [4.78, 5) is 12.3. The molecule has 0 atom stereocenters. The zero-order valence-corrected chi connectivity index (χ0v) is 14.2. The molecule has 26 heavy (non-hydrogen) atoms. The Morgan fingerprint density at radius 2 is 1.85 bits per heavy atom. The van der Waals surface area contributed by atoms with E-state index in [1.165, 1.54) is 30.3 Å². The predicted molar refractivity (Wildman–Crippen MR) is 93.1 cm³/mol. The van der Waals surface area contributed by atoms with Crippen molar-refractivity contribution in [3.63, 3.8) is 0 Å². The van der Waals surface area contributed by atoms with Gasteiger partial charge in [0.2, 0.25) is 0 Å². The molecule has 0 aromatic heterocycles. The summed E-state index contributed by atoms with van der Waals surface area (Å²) < 4.78 is 47.1. The number of anilines is 1. The van der Waals surface area contributed by atoms with Gasteiger partial charge in [0.1, 0.15) is 18.1 Å². The van der Waals surface area contributed by atoms with Crippen LogP contribution in [-0.2, 0) is 0 Å². The first-order valence-corrected chi connectivity index (χ1v) is 7.80. The molecule has 2 aromatic carbocycles. The fourth-order valence-corrected chi connectivity index (χ4v) is 2.11. The summed E-state index contributed by atoms with van der Waals surface area (Å²) in [5, 5.41) is 2.74. The van der Waals surface area contributed by atoms with Crippen molar-refractivity contribution >= 4 is 23.2 Å². The molecule has 0 spiro atoms. The third kappa shape index (κ3) is 6.00. The predicted octanol–water partition coefficient (Wildman–Crippen LogP) is 5.10. The second-order valence-corrected chi connectivity index (χ2v) is 5.56. The van der Waals surface area contributed by atoms with E-state index in [0.717, 1.165) is 0 Å². The SMILES string of the molecule is C=CCOc1ccc(C(=O)Nc2cc(Cl)ccc2OCC(F)(F)F)cc1. The standard InChI is InChI=1S/C18H15ClF3NO3/c1-2-9-25-14-6-3-12(4-7-14)17(24)23-15-10-13(19)5-8-16(15)26-11-18(20,21)22/h2-8,10H,1,9,11H2,(H,23,24). The van der Waals surface area contributed by atoms with Gasteiger partial charge in [-0.15, -0.1) is 0 Å². The Balaban J connectivity index is 2.12. The van der Waals surface area contributed by atoms with E-state index >= 15 is 0 Å². The zero-order valence-electron chi connectivity index (χ0n) is 13.5. The van der Waals surface area contributed by atoms with E-state index in [0.29, 0.717) is 12.4 Å². The number of ether oxygens (including phenoxy) is 2. The van der Waals surface area contributed by atoms with E-state index in [1.807, 2.05) is 0 Å². The van der Waals surface area contributed by atoms with Crippen LogP contribution in [-0.4, -0.2) is 25.3 Å². The molecular weight excluding hydrogens is 371 g/mol. The lowest BCUT2D eigenvalue weighted by atomic mass is 10.2. The van der Waals surface area contributed by atoms with E-state index < -0.39 is 18.7 Å². The molecule has 0 saturated carbocycles. The van der Waals surface area contributed by atoms with Crippen LogP contribution in [0.1, 0.15) is 10.4 Å². The number of carbonyl (C=O) groups is 1. The minimum atomic E-state index is -4.50. The highest BCUT2D eigenvalue weighted by Gasteiger charge is 2.29. The fourth-order valence-electron chi connectivity index (χ4n) is 1.94. The second kappa shape index (κ2) is 8.62. The molecule has 1 N–H and O–H groups in total. The van der Waals surface area contributed by atoms with Crippen molar-refractivity contribution < 1.29 is 27.4 Å². The van der Waals surface area contributed by atoms with E-state index in [2.05, 4.69) is 11.9 Å². The van der Waals surface area contributed by atoms with Crippen LogP contribution in [0.15, 0.2) is 55.1 Å². The lowest BCUT2D eigenvalue weighted by Gasteiger charge is -2.14. The van der Waals surface area contributed by atoms with Crippen molar-refractivity contribution in [3.8, 4) is 11.5 Å². The first-order chi connectivity index (χ1) is 12.3. The molecule has 2 aromatic rings. The quantitative estimate of drug-likeness (QED) is 0.675. The number of hydrogen-bond acceptors (Lipinski definition) is 3. The largest absolute Gasteiger partial charge is 0.490 e. The first kappa shape index (κ1) is 19.7. The minimum absolute atomic E-state index is 0.0405. The van der Waals surface area contributed by atoms with Crippen LogP contribution in [0.4, 0.5) is 18.9 Å². The van der Waals surface area contributed by atoms with Gasteiger partial charge in [-0.2, -0.15) is 13.2 Å². The minimum Gasteiger partial charge on any atom is -0.490 e. The van der Waals surface area contributed by atoms with Crippen LogP contribution >= 0.6 is 11.6 Å². The molecule has 0 aliphatic heterocycles. The Hall–Kier alpha value is -2.67. The Morgan fingerprint density at radius 1 is 1.15 bits per heavy atom. The smallest absolute Gasteiger partial charge is 0.422 e. The van der Waals surface area contributed by atoms with Crippen LogP contribution in [0.3, 0.4) is 0 Å². The number of hydrogen-bond donors (Lipinski definition) is 1. The van der Waals surface area contributed by atoms with Gasteiger partial charge in [-0.25, -0.2) is 0 Å². The van der Waals surface area contributed by atoms with Crippen molar-refractivity contribution in [2.24, 2.45) is 0 Å². The number of carbonyl (C=O) groups excluding carboxylic acids is 1. The number of nitrogens with one attached hydrogen (secondary N) is 1. The maximum Gasteiger partial charge on any atom is 0.422 e. The van der Waals surface area contributed by atoms with Gasteiger partial charge in [0.05, 0.1) is 5.69 Å². The van der Waals surface area contributed by atoms with E-state index in [4.69, 9.17) is 21.1 Å². The summed E-state index contributed by atoms with van der Waals surface area (Å²) in [5.41, 5.74) is 0.330. The van der Waals surface area contributed by atoms with Gasteiger partial charge < -0.3 is 14.8 Å². The lowest BCUT2D eigenvalue weighted by Crippen LogP contribution is -2.20. The Labute approximate surface area is 153 Å². The van der Waals surface area contributed by atoms with Crippen LogP contribution < -0.4 is 14.8 Å². The van der Waals surface area contributed by atoms with Crippen LogP contribution in [0, 0.1) is 0 Å². The molecule has 0 heterocycles. The molecule has 0 bridgehead atoms. The lowest BCUT2D eigenvalue weighted by molar-refractivity contribution is -0.153. The Kier molecular flexibility index (Phi) is 6.52. The van der Waals surface area contributed by atoms with Gasteiger partial charge in [0.25, 0.3) is 5.91 Å². The molecule has 0 unspecified atom stereocenters. The molecule has 2 rings (SSSR count). The van der Waals surface area contributed by atoms with Gasteiger partial charge in [-0.3, -0.25) is 4.79 Å². The topological polar surface area (TPSA) is 47.6 Å². The van der Waals surface area contributed by atoms with E-state index in [1.54, 1.807) is 18.2 Å². The van der Waals surface area contributed by atoms with Crippen LogP contribution in [0.5, 0.6) is 11.5 Å². The van der Waals surface area contributed by atoms with Gasteiger partial charge in [0.15, 0.2) is 6.61 Å². The number of benzene rings is 2. The number of amides is 1. The summed E-state index contributed by atoms with van der Waals surface area (Å²) in [6.07, 6.45) is -2.91. The second-order valence-electron chi connectivity index (χ2n) is 5.12. The molecular formula is C18H15ClF3NO3. The maximum absolute atomic E-state index is 12.3. The molecule has 0 fully saturated rings. The highest BCUT2D eigenvalue weighted by molar-refractivity contribution is 6.31. The summed E-state index contributed by atoms with van der Waals surface area (Å²) in [7, 11) is 0. The third-order valence-electron chi connectivity index (χ3n) is 3.07. The molecule has 1 amide bonds. The van der Waals surface area contributed by atoms with Crippen molar-refractivity contribution in [1.82, 2.24) is 0 Å². The highest BCUT2D eigenvalue weighted by Crippen LogP contribution is 2.30. The van der Waals surface area contributed by atoms with E-state index in [9.17, 15) is 18.0 Å². The summed E-state index contributed by atoms with van der Waals surface area (Å²) in [6, 6.07) is 10.2. The molecule has 0 aliphatic rings. The normalized spacial score (nSPS) is 10.9. The monoisotopic (exact) mass is 385 g/mol. The highest BCUT2D eigenvalue weighted by atomic mass is 35.5. The zero-order chi connectivity index (χ0) is 19.2. The van der Waals surface area contributed by atoms with Gasteiger partial charge in [-0.05, 0) is 42.5 Å². The number of alkyl halides is 3. The summed E-state index contributed by atoms with van der Waals surface area (Å²) in [6.45, 7) is 2.38. The summed E-state index contributed by atoms with van der Waals surface area (Å²) in [5.74, 6) is -0.108. The average molecular weight is 386 g/mol. The van der Waals surface area contributed by atoms with Gasteiger partial charge in [-0.1, -0.05) is 24.3 Å². The first-order valence-electron chi connectivity index (χ1n) is 7.43. The molecule has 8 heteroatoms. The molecule has 0 saturated heterocycles. The fraction of sp³-hybridized carbons (Fsp3) is 0.167. The van der Waals surface area contributed by atoms with Crippen molar-refractivity contribution in [3.05, 3.63) is 65.7 Å². The average Bonchev–Trinajstić information content (AvgIpc) is 2.59. The number of halogens is 4. The Morgan fingerprint density at radius 3 is 2.46 bits per heavy atom. The van der Waals surface area contributed by atoms with Gasteiger partial charge in [0, 0.05) is 10.6 Å². The maximum atomic E-state index is 12.3. The number of rotatable bonds is 7. The third-order valence-corrected chi connectivity index (χ3v) is 3.30. The van der Waals surface area contributed by atoms with Crippen molar-refractivity contribution in [1.29, 1.82) is 0 Å². The summed E-state index contributed by atoms with van der Waals surface area (Å²) >= 11 is 5.85. The van der Waals surface area contributed by atoms with Crippen LogP contribution in [0.2, 0.25) is 5.02 Å². The Bertz CT molecular complexity index is 776.